The largest absolute Gasteiger partial charge is 0.459 e. The lowest BCUT2D eigenvalue weighted by atomic mass is 9.97. The number of nitrogens with one attached hydrogen (secondary N) is 1. The van der Waals surface area contributed by atoms with Gasteiger partial charge in [-0.25, -0.2) is 0 Å². The average molecular weight is 436 g/mol. The van der Waals surface area contributed by atoms with Gasteiger partial charge in [0.05, 0.1) is 17.1 Å². The van der Waals surface area contributed by atoms with E-state index in [0.717, 1.165) is 6.07 Å². The number of ether oxygens (including phenoxy) is 1. The van der Waals surface area contributed by atoms with Crippen LogP contribution in [0.4, 0.5) is 11.4 Å². The Bertz CT molecular complexity index is 953. The monoisotopic (exact) mass is 435 g/mol. The highest BCUT2D eigenvalue weighted by Gasteiger charge is 2.30. The fourth-order valence-electron chi connectivity index (χ4n) is 3.06. The van der Waals surface area contributed by atoms with Crippen molar-refractivity contribution in [2.75, 3.05) is 25.0 Å². The summed E-state index contributed by atoms with van der Waals surface area (Å²) in [5.41, 5.74) is -0.181. The molecule has 0 unspecified atom stereocenters. The summed E-state index contributed by atoms with van der Waals surface area (Å²) in [7, 11) is 0. The Morgan fingerprint density at radius 2 is 2.00 bits per heavy atom. The van der Waals surface area contributed by atoms with Crippen LogP contribution in [0.1, 0.15) is 23.4 Å². The second kappa shape index (κ2) is 9.40. The van der Waals surface area contributed by atoms with Crippen LogP contribution in [0, 0.1) is 16.0 Å². The van der Waals surface area contributed by atoms with Crippen LogP contribution < -0.4 is 5.32 Å². The number of halogens is 1. The van der Waals surface area contributed by atoms with Gasteiger partial charge < -0.3 is 19.4 Å². The highest BCUT2D eigenvalue weighted by Crippen LogP contribution is 2.27. The number of nitro groups is 1. The second-order valence-corrected chi connectivity index (χ2v) is 7.03. The van der Waals surface area contributed by atoms with E-state index in [1.165, 1.54) is 18.4 Å². The Labute approximate surface area is 175 Å². The van der Waals surface area contributed by atoms with Crippen molar-refractivity contribution in [3.63, 3.8) is 0 Å². The van der Waals surface area contributed by atoms with Crippen LogP contribution in [0.2, 0.25) is 5.02 Å². The average Bonchev–Trinajstić information content (AvgIpc) is 3.27. The number of rotatable bonds is 6. The first-order valence-electron chi connectivity index (χ1n) is 9.08. The van der Waals surface area contributed by atoms with Gasteiger partial charge in [0.2, 0.25) is 0 Å². The van der Waals surface area contributed by atoms with Gasteiger partial charge >= 0.3 is 5.97 Å². The number of likely N-dealkylation sites (tertiary alicyclic amines) is 1. The highest BCUT2D eigenvalue weighted by molar-refractivity contribution is 6.32. The maximum absolute atomic E-state index is 12.2. The normalized spacial score (nSPS) is 14.2. The summed E-state index contributed by atoms with van der Waals surface area (Å²) in [5.74, 6) is -1.57. The predicted molar refractivity (Wildman–Crippen MR) is 105 cm³/mol. The minimum absolute atomic E-state index is 0.0544. The third kappa shape index (κ3) is 5.15. The van der Waals surface area contributed by atoms with Gasteiger partial charge in [-0.15, -0.1) is 0 Å². The van der Waals surface area contributed by atoms with Crippen molar-refractivity contribution in [3.05, 3.63) is 57.5 Å². The molecular weight excluding hydrogens is 418 g/mol. The number of carbonyl (C=O) groups is 3. The molecule has 10 nitrogen and oxygen atoms in total. The number of amides is 2. The van der Waals surface area contributed by atoms with Crippen LogP contribution in [-0.2, 0) is 14.3 Å². The van der Waals surface area contributed by atoms with E-state index in [4.69, 9.17) is 20.8 Å². The minimum atomic E-state index is -0.666. The third-order valence-electron chi connectivity index (χ3n) is 4.62. The van der Waals surface area contributed by atoms with Crippen molar-refractivity contribution in [3.8, 4) is 0 Å². The zero-order valence-electron chi connectivity index (χ0n) is 15.7. The number of hydrogen-bond donors (Lipinski definition) is 1. The van der Waals surface area contributed by atoms with Gasteiger partial charge in [0.1, 0.15) is 5.02 Å². The first-order valence-corrected chi connectivity index (χ1v) is 9.46. The van der Waals surface area contributed by atoms with Crippen molar-refractivity contribution < 1.29 is 28.5 Å². The van der Waals surface area contributed by atoms with Crippen molar-refractivity contribution in [2.24, 2.45) is 5.92 Å². The van der Waals surface area contributed by atoms with Crippen LogP contribution in [-0.4, -0.2) is 47.3 Å². The number of piperidine rings is 1. The molecule has 2 heterocycles. The summed E-state index contributed by atoms with van der Waals surface area (Å²) in [6.45, 7) is 0.223. The van der Waals surface area contributed by atoms with E-state index < -0.39 is 29.3 Å². The van der Waals surface area contributed by atoms with E-state index in [2.05, 4.69) is 5.32 Å². The van der Waals surface area contributed by atoms with E-state index in [1.54, 1.807) is 17.0 Å². The fraction of sp³-hybridized carbons (Fsp3) is 0.316. The molecule has 0 bridgehead atoms. The van der Waals surface area contributed by atoms with Crippen molar-refractivity contribution in [1.29, 1.82) is 0 Å². The third-order valence-corrected chi connectivity index (χ3v) is 4.94. The molecule has 1 fully saturated rings. The Hall–Kier alpha value is -3.40. The van der Waals surface area contributed by atoms with Gasteiger partial charge in [-0.3, -0.25) is 24.5 Å². The molecule has 2 aromatic rings. The predicted octanol–water partition coefficient (Wildman–Crippen LogP) is 2.88. The van der Waals surface area contributed by atoms with Gasteiger partial charge in [0.15, 0.2) is 12.4 Å². The van der Waals surface area contributed by atoms with E-state index in [0.29, 0.717) is 25.9 Å². The Balaban J connectivity index is 1.45. The van der Waals surface area contributed by atoms with Gasteiger partial charge in [0.25, 0.3) is 17.5 Å². The fourth-order valence-corrected chi connectivity index (χ4v) is 3.24. The molecule has 2 amide bonds. The van der Waals surface area contributed by atoms with E-state index >= 15 is 0 Å². The van der Waals surface area contributed by atoms with Crippen LogP contribution in [0.15, 0.2) is 41.0 Å². The lowest BCUT2D eigenvalue weighted by Crippen LogP contribution is -2.40. The molecule has 1 aromatic carbocycles. The molecule has 0 aliphatic carbocycles. The van der Waals surface area contributed by atoms with E-state index in [-0.39, 0.29) is 28.1 Å². The molecule has 158 valence electrons. The number of hydrogen-bond acceptors (Lipinski definition) is 7. The summed E-state index contributed by atoms with van der Waals surface area (Å²) >= 11 is 5.72. The molecule has 1 aliphatic rings. The molecule has 1 aromatic heterocycles. The highest BCUT2D eigenvalue weighted by atomic mass is 35.5. The van der Waals surface area contributed by atoms with Gasteiger partial charge in [-0.1, -0.05) is 11.6 Å². The number of furan rings is 1. The number of nitro benzene ring substituents is 1. The van der Waals surface area contributed by atoms with Crippen molar-refractivity contribution >= 4 is 40.8 Å². The zero-order chi connectivity index (χ0) is 21.7. The Kier molecular flexibility index (Phi) is 6.68. The van der Waals surface area contributed by atoms with E-state index in [9.17, 15) is 24.5 Å². The van der Waals surface area contributed by atoms with Crippen LogP contribution in [0.3, 0.4) is 0 Å². The first kappa shape index (κ1) is 21.3. The van der Waals surface area contributed by atoms with Crippen molar-refractivity contribution in [2.45, 2.75) is 12.8 Å². The molecule has 0 spiro atoms. The molecule has 1 aliphatic heterocycles. The van der Waals surface area contributed by atoms with Crippen LogP contribution >= 0.6 is 11.6 Å². The van der Waals surface area contributed by atoms with E-state index in [1.807, 2.05) is 0 Å². The molecule has 1 N–H and O–H groups in total. The SMILES string of the molecule is O=C(COC(=O)C1CCN(C(=O)c2ccco2)CC1)Nc1ccc(Cl)c([N+](=O)[O-])c1. The number of benzene rings is 1. The van der Waals surface area contributed by atoms with Gasteiger partial charge in [-0.05, 0) is 37.1 Å². The first-order chi connectivity index (χ1) is 14.3. The quantitative estimate of drug-likeness (QED) is 0.419. The minimum Gasteiger partial charge on any atom is -0.459 e. The molecule has 3 rings (SSSR count). The van der Waals surface area contributed by atoms with Crippen LogP contribution in [0.5, 0.6) is 0 Å². The summed E-state index contributed by atoms with van der Waals surface area (Å²) in [4.78, 5) is 48.3. The Morgan fingerprint density at radius 3 is 2.63 bits per heavy atom. The number of nitrogens with zero attached hydrogens (tertiary/aromatic N) is 2. The van der Waals surface area contributed by atoms with Gasteiger partial charge in [-0.2, -0.15) is 0 Å². The van der Waals surface area contributed by atoms with Gasteiger partial charge in [0, 0.05) is 24.8 Å². The van der Waals surface area contributed by atoms with Crippen LogP contribution in [0.25, 0.3) is 0 Å². The maximum atomic E-state index is 12.2. The molecular formula is C19H18ClN3O7. The maximum Gasteiger partial charge on any atom is 0.309 e. The number of anilines is 1. The molecule has 1 saturated heterocycles. The molecule has 0 atom stereocenters. The lowest BCUT2D eigenvalue weighted by molar-refractivity contribution is -0.384. The number of esters is 1. The summed E-state index contributed by atoms with van der Waals surface area (Å²) in [5, 5.41) is 13.3. The summed E-state index contributed by atoms with van der Waals surface area (Å²) < 4.78 is 10.1. The topological polar surface area (TPSA) is 132 Å². The Morgan fingerprint density at radius 1 is 1.27 bits per heavy atom. The zero-order valence-corrected chi connectivity index (χ0v) is 16.5. The number of carbonyl (C=O) groups excluding carboxylic acids is 3. The second-order valence-electron chi connectivity index (χ2n) is 6.62. The van der Waals surface area contributed by atoms with Crippen molar-refractivity contribution in [1.82, 2.24) is 4.90 Å². The lowest BCUT2D eigenvalue weighted by Gasteiger charge is -2.30. The smallest absolute Gasteiger partial charge is 0.309 e. The molecule has 11 heteroatoms. The molecule has 30 heavy (non-hydrogen) atoms. The standard InChI is InChI=1S/C19H18ClN3O7/c20-14-4-3-13(10-15(14)23(27)28)21-17(24)11-30-19(26)12-5-7-22(8-6-12)18(25)16-2-1-9-29-16/h1-4,9-10,12H,5-8,11H2,(H,21,24). The molecule has 0 saturated carbocycles. The molecule has 0 radical (unpaired) electrons. The summed E-state index contributed by atoms with van der Waals surface area (Å²) in [6.07, 6.45) is 2.25. The summed E-state index contributed by atoms with van der Waals surface area (Å²) in [6, 6.07) is 7.02.